The number of hydrogen-bond donors (Lipinski definition) is 0. The van der Waals surface area contributed by atoms with Crippen LogP contribution in [-0.2, 0) is 6.42 Å². The van der Waals surface area contributed by atoms with Crippen molar-refractivity contribution in [2.24, 2.45) is 0 Å². The minimum Gasteiger partial charge on any atom is -0.301 e. The van der Waals surface area contributed by atoms with Gasteiger partial charge in [0.1, 0.15) is 0 Å². The number of rotatable bonds is 4. The lowest BCUT2D eigenvalue weighted by atomic mass is 10.1. The third-order valence-electron chi connectivity index (χ3n) is 5.09. The predicted molar refractivity (Wildman–Crippen MR) is 95.1 cm³/mol. The first-order chi connectivity index (χ1) is 10.7. The van der Waals surface area contributed by atoms with E-state index < -0.39 is 0 Å². The van der Waals surface area contributed by atoms with E-state index in [4.69, 9.17) is 23.2 Å². The Bertz CT molecular complexity index is 486. The van der Waals surface area contributed by atoms with Crippen molar-refractivity contribution in [3.05, 3.63) is 33.8 Å². The van der Waals surface area contributed by atoms with Crippen LogP contribution in [0.15, 0.2) is 18.2 Å². The summed E-state index contributed by atoms with van der Waals surface area (Å²) in [5, 5.41) is 1.32. The second-order valence-electron chi connectivity index (χ2n) is 6.69. The fourth-order valence-electron chi connectivity index (χ4n) is 3.79. The topological polar surface area (TPSA) is 6.48 Å². The number of benzene rings is 1. The molecular formula is C18H26Cl2N2. The molecule has 0 amide bonds. The van der Waals surface area contributed by atoms with E-state index in [1.54, 1.807) is 0 Å². The quantitative estimate of drug-likeness (QED) is 0.796. The van der Waals surface area contributed by atoms with Gasteiger partial charge in [0.25, 0.3) is 0 Å². The lowest BCUT2D eigenvalue weighted by Crippen LogP contribution is -2.42. The van der Waals surface area contributed by atoms with Gasteiger partial charge < -0.3 is 4.90 Å². The Morgan fingerprint density at radius 2 is 1.73 bits per heavy atom. The zero-order chi connectivity index (χ0) is 15.4. The van der Waals surface area contributed by atoms with Gasteiger partial charge in [-0.25, -0.2) is 0 Å². The highest BCUT2D eigenvalue weighted by molar-refractivity contribution is 6.42. The molecule has 22 heavy (non-hydrogen) atoms. The zero-order valence-electron chi connectivity index (χ0n) is 13.2. The Balaban J connectivity index is 1.54. The Kier molecular flexibility index (Phi) is 6.03. The molecule has 0 radical (unpaired) electrons. The molecular weight excluding hydrogens is 315 g/mol. The molecule has 0 bridgehead atoms. The van der Waals surface area contributed by atoms with E-state index >= 15 is 0 Å². The average Bonchev–Trinajstić information content (AvgIpc) is 2.95. The molecule has 2 aliphatic rings. The first-order valence-corrected chi connectivity index (χ1v) is 9.38. The fourth-order valence-corrected chi connectivity index (χ4v) is 4.11. The van der Waals surface area contributed by atoms with E-state index in [1.807, 2.05) is 12.1 Å². The molecule has 1 atom stereocenters. The second kappa shape index (κ2) is 8.01. The van der Waals surface area contributed by atoms with Gasteiger partial charge in [0.15, 0.2) is 0 Å². The first kappa shape index (κ1) is 16.6. The van der Waals surface area contributed by atoms with Crippen LogP contribution in [0.25, 0.3) is 0 Å². The molecule has 4 heteroatoms. The van der Waals surface area contributed by atoms with Crippen molar-refractivity contribution < 1.29 is 0 Å². The summed E-state index contributed by atoms with van der Waals surface area (Å²) in [4.78, 5) is 5.37. The van der Waals surface area contributed by atoms with E-state index in [2.05, 4.69) is 15.9 Å². The summed E-state index contributed by atoms with van der Waals surface area (Å²) in [5.41, 5.74) is 1.29. The molecule has 2 fully saturated rings. The standard InChI is InChI=1S/C18H26Cl2N2/c19-17-7-6-15(13-18(17)20)8-12-21-9-2-1-5-16(14-21)22-10-3-4-11-22/h6-7,13,16H,1-5,8-12,14H2/t16-/m1/s1. The van der Waals surface area contributed by atoms with Gasteiger partial charge in [0.2, 0.25) is 0 Å². The van der Waals surface area contributed by atoms with Gasteiger partial charge >= 0.3 is 0 Å². The number of likely N-dealkylation sites (tertiary alicyclic amines) is 2. The van der Waals surface area contributed by atoms with Crippen molar-refractivity contribution in [2.45, 2.75) is 44.6 Å². The molecule has 1 aromatic rings. The smallest absolute Gasteiger partial charge is 0.0595 e. The molecule has 3 rings (SSSR count). The molecule has 0 N–H and O–H groups in total. The van der Waals surface area contributed by atoms with Crippen LogP contribution in [0.4, 0.5) is 0 Å². The summed E-state index contributed by atoms with van der Waals surface area (Å²) in [6.07, 6.45) is 7.93. The minimum absolute atomic E-state index is 0.647. The highest BCUT2D eigenvalue weighted by Crippen LogP contribution is 2.24. The largest absolute Gasteiger partial charge is 0.301 e. The molecule has 122 valence electrons. The summed E-state index contributed by atoms with van der Waals surface area (Å²) in [6.45, 7) is 6.23. The summed E-state index contributed by atoms with van der Waals surface area (Å²) in [7, 11) is 0. The van der Waals surface area contributed by atoms with Gasteiger partial charge in [0, 0.05) is 19.1 Å². The Morgan fingerprint density at radius 3 is 2.50 bits per heavy atom. The van der Waals surface area contributed by atoms with E-state index in [-0.39, 0.29) is 0 Å². The molecule has 2 saturated heterocycles. The molecule has 1 aromatic carbocycles. The Morgan fingerprint density at radius 1 is 0.955 bits per heavy atom. The highest BCUT2D eigenvalue weighted by atomic mass is 35.5. The fraction of sp³-hybridized carbons (Fsp3) is 0.667. The number of nitrogens with zero attached hydrogens (tertiary/aromatic N) is 2. The van der Waals surface area contributed by atoms with Crippen molar-refractivity contribution in [3.8, 4) is 0 Å². The normalized spacial score (nSPS) is 24.5. The van der Waals surface area contributed by atoms with Crippen molar-refractivity contribution in [3.63, 3.8) is 0 Å². The van der Waals surface area contributed by atoms with Gasteiger partial charge in [-0.1, -0.05) is 35.7 Å². The van der Waals surface area contributed by atoms with Crippen LogP contribution in [-0.4, -0.2) is 48.6 Å². The minimum atomic E-state index is 0.647. The van der Waals surface area contributed by atoms with E-state index in [0.29, 0.717) is 10.0 Å². The van der Waals surface area contributed by atoms with Crippen LogP contribution in [0, 0.1) is 0 Å². The third kappa shape index (κ3) is 4.38. The monoisotopic (exact) mass is 340 g/mol. The van der Waals surface area contributed by atoms with Crippen LogP contribution in [0.1, 0.15) is 37.7 Å². The van der Waals surface area contributed by atoms with Gasteiger partial charge in [0.05, 0.1) is 10.0 Å². The van der Waals surface area contributed by atoms with Gasteiger partial charge in [-0.15, -0.1) is 0 Å². The van der Waals surface area contributed by atoms with Crippen LogP contribution in [0.3, 0.4) is 0 Å². The summed E-state index contributed by atoms with van der Waals surface area (Å²) < 4.78 is 0. The molecule has 0 aliphatic carbocycles. The summed E-state index contributed by atoms with van der Waals surface area (Å²) in [6, 6.07) is 6.80. The third-order valence-corrected chi connectivity index (χ3v) is 5.83. The maximum atomic E-state index is 6.12. The average molecular weight is 341 g/mol. The van der Waals surface area contributed by atoms with Crippen molar-refractivity contribution in [1.29, 1.82) is 0 Å². The van der Waals surface area contributed by atoms with Crippen LogP contribution in [0.5, 0.6) is 0 Å². The molecule has 0 unspecified atom stereocenters. The number of halogens is 2. The maximum Gasteiger partial charge on any atom is 0.0595 e. The summed E-state index contributed by atoms with van der Waals surface area (Å²) >= 11 is 12.1. The Hall–Kier alpha value is -0.280. The van der Waals surface area contributed by atoms with Gasteiger partial charge in [-0.2, -0.15) is 0 Å². The molecule has 2 heterocycles. The van der Waals surface area contributed by atoms with Gasteiger partial charge in [-0.3, -0.25) is 4.90 Å². The number of hydrogen-bond acceptors (Lipinski definition) is 2. The summed E-state index contributed by atoms with van der Waals surface area (Å²) in [5.74, 6) is 0. The van der Waals surface area contributed by atoms with Crippen molar-refractivity contribution in [1.82, 2.24) is 9.80 Å². The molecule has 2 nitrogen and oxygen atoms in total. The highest BCUT2D eigenvalue weighted by Gasteiger charge is 2.25. The van der Waals surface area contributed by atoms with E-state index in [1.165, 1.54) is 63.8 Å². The Labute approximate surface area is 144 Å². The van der Waals surface area contributed by atoms with E-state index in [0.717, 1.165) is 19.0 Å². The van der Waals surface area contributed by atoms with Crippen molar-refractivity contribution >= 4 is 23.2 Å². The molecule has 0 aromatic heterocycles. The van der Waals surface area contributed by atoms with E-state index in [9.17, 15) is 0 Å². The second-order valence-corrected chi connectivity index (χ2v) is 7.51. The molecule has 0 saturated carbocycles. The predicted octanol–water partition coefficient (Wildman–Crippen LogP) is 4.49. The lowest BCUT2D eigenvalue weighted by molar-refractivity contribution is 0.172. The zero-order valence-corrected chi connectivity index (χ0v) is 14.7. The van der Waals surface area contributed by atoms with Crippen LogP contribution < -0.4 is 0 Å². The molecule has 0 spiro atoms. The lowest BCUT2D eigenvalue weighted by Gasteiger charge is -2.30. The first-order valence-electron chi connectivity index (χ1n) is 8.63. The van der Waals surface area contributed by atoms with Crippen LogP contribution >= 0.6 is 23.2 Å². The van der Waals surface area contributed by atoms with Gasteiger partial charge in [-0.05, 0) is 69.4 Å². The SMILES string of the molecule is Clc1ccc(CCN2CCCC[C@@H](N3CCCC3)C2)cc1Cl. The van der Waals surface area contributed by atoms with Crippen LogP contribution in [0.2, 0.25) is 10.0 Å². The maximum absolute atomic E-state index is 6.12. The molecule has 2 aliphatic heterocycles. The van der Waals surface area contributed by atoms with Crippen molar-refractivity contribution in [2.75, 3.05) is 32.7 Å².